The van der Waals surface area contributed by atoms with Gasteiger partial charge in [0.25, 0.3) is 0 Å². The molecule has 0 fully saturated rings. The molecule has 3 aromatic rings. The molecule has 0 saturated heterocycles. The number of benzene rings is 1. The van der Waals surface area contributed by atoms with E-state index in [-0.39, 0.29) is 17.1 Å². The fourth-order valence-electron chi connectivity index (χ4n) is 3.49. The molecule has 166 valence electrons. The van der Waals surface area contributed by atoms with Gasteiger partial charge in [-0.3, -0.25) is 9.67 Å². The normalized spacial score (nSPS) is 13.1. The van der Waals surface area contributed by atoms with Crippen molar-refractivity contribution in [3.63, 3.8) is 0 Å². The first-order valence-corrected chi connectivity index (χ1v) is 10.7. The van der Waals surface area contributed by atoms with E-state index in [0.29, 0.717) is 18.1 Å². The van der Waals surface area contributed by atoms with Gasteiger partial charge >= 0.3 is 0 Å². The van der Waals surface area contributed by atoms with Crippen LogP contribution >= 0.6 is 11.6 Å². The summed E-state index contributed by atoms with van der Waals surface area (Å²) >= 11 is 6.02. The van der Waals surface area contributed by atoms with E-state index in [0.717, 1.165) is 49.3 Å². The van der Waals surface area contributed by atoms with Gasteiger partial charge in [0.05, 0.1) is 35.2 Å². The number of hydrogen-bond acceptors (Lipinski definition) is 5. The highest BCUT2D eigenvalue weighted by Crippen LogP contribution is 2.29. The van der Waals surface area contributed by atoms with Gasteiger partial charge in [0.1, 0.15) is 17.3 Å². The Bertz CT molecular complexity index is 1180. The van der Waals surface area contributed by atoms with Crippen LogP contribution in [0, 0.1) is 23.5 Å². The Hall–Kier alpha value is -3.02. The summed E-state index contributed by atoms with van der Waals surface area (Å²) in [6.07, 6.45) is 6.86. The molecule has 1 aromatic carbocycles. The minimum absolute atomic E-state index is 0.111. The second-order valence-corrected chi connectivity index (χ2v) is 8.30. The van der Waals surface area contributed by atoms with Gasteiger partial charge in [-0.25, -0.2) is 13.8 Å². The van der Waals surface area contributed by atoms with Crippen molar-refractivity contribution >= 4 is 17.4 Å². The van der Waals surface area contributed by atoms with Crippen LogP contribution in [-0.4, -0.2) is 51.8 Å². The molecule has 0 radical (unpaired) electrons. The molecule has 0 atom stereocenters. The predicted octanol–water partition coefficient (Wildman–Crippen LogP) is 3.52. The molecule has 32 heavy (non-hydrogen) atoms. The summed E-state index contributed by atoms with van der Waals surface area (Å²) in [7, 11) is 4.03. The van der Waals surface area contributed by atoms with E-state index < -0.39 is 11.6 Å². The van der Waals surface area contributed by atoms with Gasteiger partial charge in [-0.05, 0) is 45.0 Å². The summed E-state index contributed by atoms with van der Waals surface area (Å²) in [6.45, 7) is 2.42. The Morgan fingerprint density at radius 2 is 1.97 bits per heavy atom. The smallest absolute Gasteiger partial charge is 0.152 e. The molecule has 1 aliphatic heterocycles. The average molecular weight is 457 g/mol. The van der Waals surface area contributed by atoms with Gasteiger partial charge in [-0.1, -0.05) is 17.5 Å². The second-order valence-electron chi connectivity index (χ2n) is 7.92. The van der Waals surface area contributed by atoms with Crippen LogP contribution in [0.4, 0.5) is 14.6 Å². The Morgan fingerprint density at radius 3 is 2.78 bits per heavy atom. The van der Waals surface area contributed by atoms with Crippen LogP contribution in [0.25, 0.3) is 0 Å². The van der Waals surface area contributed by atoms with Gasteiger partial charge in [-0.15, -0.1) is 0 Å². The van der Waals surface area contributed by atoms with Crippen molar-refractivity contribution in [2.24, 2.45) is 0 Å². The Labute approximate surface area is 190 Å². The lowest BCUT2D eigenvalue weighted by Gasteiger charge is -2.29. The highest BCUT2D eigenvalue weighted by molar-refractivity contribution is 6.31. The van der Waals surface area contributed by atoms with E-state index in [1.54, 1.807) is 12.4 Å². The number of halogens is 3. The summed E-state index contributed by atoms with van der Waals surface area (Å²) in [5, 5.41) is 4.12. The molecule has 0 saturated carbocycles. The van der Waals surface area contributed by atoms with Crippen LogP contribution in [-0.2, 0) is 19.5 Å². The molecule has 0 unspecified atom stereocenters. The topological polar surface area (TPSA) is 50.1 Å². The first-order valence-electron chi connectivity index (χ1n) is 10.3. The molecule has 0 spiro atoms. The van der Waals surface area contributed by atoms with Gasteiger partial charge in [0.15, 0.2) is 5.82 Å². The van der Waals surface area contributed by atoms with Gasteiger partial charge in [0, 0.05) is 31.4 Å². The van der Waals surface area contributed by atoms with E-state index in [2.05, 4.69) is 31.8 Å². The second kappa shape index (κ2) is 9.63. The minimum Gasteiger partial charge on any atom is -0.351 e. The standard InChI is InChI=1S/C23H23ClF2N6/c1-30(2)10-11-32-14-16(12-28-32)5-6-17-13-27-21-4-3-9-31(23(21)29-17)15-18-19(25)7-8-20(26)22(18)24/h7-8,12-14H,3-4,9-11,15H2,1-2H3. The van der Waals surface area contributed by atoms with Crippen molar-refractivity contribution < 1.29 is 8.78 Å². The zero-order chi connectivity index (χ0) is 22.7. The van der Waals surface area contributed by atoms with Crippen molar-refractivity contribution in [2.45, 2.75) is 25.9 Å². The van der Waals surface area contributed by atoms with Crippen molar-refractivity contribution in [2.75, 3.05) is 32.1 Å². The average Bonchev–Trinajstić information content (AvgIpc) is 3.24. The maximum absolute atomic E-state index is 14.3. The van der Waals surface area contributed by atoms with Crippen LogP contribution < -0.4 is 4.90 Å². The maximum atomic E-state index is 14.3. The van der Waals surface area contributed by atoms with E-state index >= 15 is 0 Å². The fraction of sp³-hybridized carbons (Fsp3) is 0.348. The number of hydrogen-bond donors (Lipinski definition) is 0. The Balaban J connectivity index is 1.55. The van der Waals surface area contributed by atoms with E-state index in [4.69, 9.17) is 11.6 Å². The number of aryl methyl sites for hydroxylation is 1. The third-order valence-corrected chi connectivity index (χ3v) is 5.61. The van der Waals surface area contributed by atoms with Crippen LogP contribution in [0.2, 0.25) is 5.02 Å². The van der Waals surface area contributed by atoms with Crippen LogP contribution in [0.15, 0.2) is 30.7 Å². The highest BCUT2D eigenvalue weighted by Gasteiger charge is 2.23. The summed E-state index contributed by atoms with van der Waals surface area (Å²) < 4.78 is 30.0. The zero-order valence-corrected chi connectivity index (χ0v) is 18.7. The van der Waals surface area contributed by atoms with Crippen LogP contribution in [0.1, 0.15) is 28.9 Å². The number of fused-ring (bicyclic) bond motifs is 1. The third-order valence-electron chi connectivity index (χ3n) is 5.20. The van der Waals surface area contributed by atoms with Crippen molar-refractivity contribution in [1.29, 1.82) is 0 Å². The summed E-state index contributed by atoms with van der Waals surface area (Å²) in [6, 6.07) is 2.12. The SMILES string of the molecule is CN(C)CCn1cc(C#Cc2cnc3c(n2)N(Cc2c(F)ccc(F)c2Cl)CCC3)cn1. The number of nitrogens with zero attached hydrogens (tertiary/aromatic N) is 6. The molecule has 3 heterocycles. The van der Waals surface area contributed by atoms with Crippen molar-refractivity contribution in [1.82, 2.24) is 24.6 Å². The Morgan fingerprint density at radius 1 is 1.16 bits per heavy atom. The molecular weight excluding hydrogens is 434 g/mol. The van der Waals surface area contributed by atoms with Crippen LogP contribution in [0.5, 0.6) is 0 Å². The summed E-state index contributed by atoms with van der Waals surface area (Å²) in [4.78, 5) is 13.1. The van der Waals surface area contributed by atoms with E-state index in [1.807, 2.05) is 29.9 Å². The van der Waals surface area contributed by atoms with Gasteiger partial charge in [0.2, 0.25) is 0 Å². The largest absolute Gasteiger partial charge is 0.351 e. The van der Waals surface area contributed by atoms with Crippen molar-refractivity contribution in [3.8, 4) is 11.8 Å². The number of anilines is 1. The summed E-state index contributed by atoms with van der Waals surface area (Å²) in [5.41, 5.74) is 2.21. The monoisotopic (exact) mass is 456 g/mol. The van der Waals surface area contributed by atoms with Gasteiger partial charge in [-0.2, -0.15) is 5.10 Å². The molecule has 6 nitrogen and oxygen atoms in total. The molecule has 0 bridgehead atoms. The highest BCUT2D eigenvalue weighted by atomic mass is 35.5. The lowest BCUT2D eigenvalue weighted by atomic mass is 10.1. The van der Waals surface area contributed by atoms with E-state index in [9.17, 15) is 8.78 Å². The molecule has 4 rings (SSSR count). The van der Waals surface area contributed by atoms with Crippen molar-refractivity contribution in [3.05, 3.63) is 69.9 Å². The van der Waals surface area contributed by atoms with E-state index in [1.165, 1.54) is 0 Å². The van der Waals surface area contributed by atoms with Gasteiger partial charge < -0.3 is 9.80 Å². The molecule has 0 amide bonds. The van der Waals surface area contributed by atoms with Crippen LogP contribution in [0.3, 0.4) is 0 Å². The minimum atomic E-state index is -0.642. The molecule has 0 N–H and O–H groups in total. The first kappa shape index (κ1) is 22.2. The number of rotatable bonds is 5. The molecule has 1 aliphatic rings. The maximum Gasteiger partial charge on any atom is 0.152 e. The summed E-state index contributed by atoms with van der Waals surface area (Å²) in [5.74, 6) is 5.54. The lowest BCUT2D eigenvalue weighted by Crippen LogP contribution is -2.31. The molecule has 0 aliphatic carbocycles. The quantitative estimate of drug-likeness (QED) is 0.434. The first-order chi connectivity index (χ1) is 15.4. The number of aromatic nitrogens is 4. The number of likely N-dealkylation sites (N-methyl/N-ethyl adjacent to an activating group) is 1. The molecule has 9 heteroatoms. The third kappa shape index (κ3) is 5.06. The molecular formula is C23H23ClF2N6. The lowest BCUT2D eigenvalue weighted by molar-refractivity contribution is 0.373. The fourth-order valence-corrected chi connectivity index (χ4v) is 3.70. The predicted molar refractivity (Wildman–Crippen MR) is 120 cm³/mol. The zero-order valence-electron chi connectivity index (χ0n) is 17.9. The Kier molecular flexibility index (Phi) is 6.68. The molecule has 2 aromatic heterocycles.